The van der Waals surface area contributed by atoms with Gasteiger partial charge in [-0.15, -0.1) is 11.3 Å². The predicted molar refractivity (Wildman–Crippen MR) is 205 cm³/mol. The van der Waals surface area contributed by atoms with Crippen LogP contribution < -0.4 is 10.6 Å². The summed E-state index contributed by atoms with van der Waals surface area (Å²) in [4.78, 5) is 44.1. The molecule has 0 fully saturated rings. The Morgan fingerprint density at radius 3 is 2.33 bits per heavy atom. The summed E-state index contributed by atoms with van der Waals surface area (Å²) in [6.07, 6.45) is 4.08. The molecule has 3 N–H and O–H groups in total. The van der Waals surface area contributed by atoms with Gasteiger partial charge in [-0.25, -0.2) is 28.2 Å². The van der Waals surface area contributed by atoms with Crippen LogP contribution in [0.5, 0.6) is 0 Å². The van der Waals surface area contributed by atoms with Gasteiger partial charge in [0.15, 0.2) is 0 Å². The lowest BCUT2D eigenvalue weighted by Crippen LogP contribution is -2.48. The van der Waals surface area contributed by atoms with Gasteiger partial charge in [-0.2, -0.15) is 4.31 Å². The molecule has 15 heteroatoms. The van der Waals surface area contributed by atoms with E-state index in [0.29, 0.717) is 32.9 Å². The Hall–Kier alpha value is -5.61. The number of benzene rings is 3. The van der Waals surface area contributed by atoms with Crippen molar-refractivity contribution < 1.29 is 27.9 Å². The molecule has 278 valence electrons. The Kier molecular flexibility index (Phi) is 12.3. The minimum atomic E-state index is -4.16. The Balaban J connectivity index is 1.29. The number of fused-ring (bicyclic) bond motifs is 1. The maximum atomic E-state index is 14.4. The van der Waals surface area contributed by atoms with E-state index >= 15 is 0 Å². The van der Waals surface area contributed by atoms with E-state index in [1.165, 1.54) is 35.1 Å². The molecule has 0 aliphatic rings. The Morgan fingerprint density at radius 1 is 0.944 bits per heavy atom. The summed E-state index contributed by atoms with van der Waals surface area (Å²) in [7, 11) is -2.93. The zero-order valence-electron chi connectivity index (χ0n) is 29.6. The lowest BCUT2D eigenvalue weighted by molar-refractivity contribution is -0.118. The number of hydrogen-bond donors (Lipinski definition) is 3. The van der Waals surface area contributed by atoms with Gasteiger partial charge in [0.25, 0.3) is 0 Å². The summed E-state index contributed by atoms with van der Waals surface area (Å²) in [5.74, 6) is -1.10. The number of thiazole rings is 1. The van der Waals surface area contributed by atoms with Crippen molar-refractivity contribution >= 4 is 49.3 Å². The van der Waals surface area contributed by atoms with Gasteiger partial charge in [-0.05, 0) is 61.2 Å². The van der Waals surface area contributed by atoms with Crippen LogP contribution in [0.3, 0.4) is 0 Å². The number of aliphatic hydroxyl groups excluding tert-OH is 1. The van der Waals surface area contributed by atoms with E-state index in [-0.39, 0.29) is 24.3 Å². The first-order valence-electron chi connectivity index (χ1n) is 17.1. The fraction of sp³-hybridized carbons (Fsp3) is 0.231. The molecule has 2 amide bonds. The summed E-state index contributed by atoms with van der Waals surface area (Å²) < 4.78 is 35.6. The van der Waals surface area contributed by atoms with Crippen LogP contribution in [0, 0.1) is 6.92 Å². The average molecular weight is 766 g/mol. The highest BCUT2D eigenvalue weighted by Crippen LogP contribution is 2.31. The number of methoxy groups -OCH3 is 1. The van der Waals surface area contributed by atoms with Crippen LogP contribution >= 0.6 is 11.3 Å². The molecule has 13 nitrogen and oxygen atoms in total. The van der Waals surface area contributed by atoms with Gasteiger partial charge in [-0.1, -0.05) is 60.7 Å². The molecule has 0 saturated carbocycles. The molecule has 2 atom stereocenters. The average Bonchev–Trinajstić information content (AvgIpc) is 3.68. The number of aryl methyl sites for hydroxylation is 2. The van der Waals surface area contributed by atoms with Gasteiger partial charge in [0.1, 0.15) is 12.4 Å². The van der Waals surface area contributed by atoms with Crippen molar-refractivity contribution in [3.63, 3.8) is 0 Å². The SMILES string of the molecule is COC(=O)N[C@H](C(=O)Nc1cccnc1CC[C@@H](CO)N(Cc1cncnc1C)S(=O)(=O)c1ccc2ncsc2c1)C(c1ccccc1)c1ccccc1. The number of hydrogen-bond acceptors (Lipinski definition) is 11. The molecular formula is C39H39N7O6S2. The maximum Gasteiger partial charge on any atom is 0.407 e. The number of rotatable bonds is 15. The first-order chi connectivity index (χ1) is 26.2. The zero-order valence-corrected chi connectivity index (χ0v) is 31.2. The van der Waals surface area contributed by atoms with E-state index in [2.05, 4.69) is 30.6 Å². The molecule has 0 bridgehead atoms. The summed E-state index contributed by atoms with van der Waals surface area (Å²) in [5, 5.41) is 16.5. The number of anilines is 1. The van der Waals surface area contributed by atoms with Crippen LogP contribution in [-0.4, -0.2) is 75.6 Å². The van der Waals surface area contributed by atoms with E-state index in [0.717, 1.165) is 11.1 Å². The predicted octanol–water partition coefficient (Wildman–Crippen LogP) is 5.47. The van der Waals surface area contributed by atoms with Crippen molar-refractivity contribution in [1.29, 1.82) is 0 Å². The Labute approximate surface area is 317 Å². The summed E-state index contributed by atoms with van der Waals surface area (Å²) >= 11 is 1.33. The molecule has 0 aliphatic heterocycles. The summed E-state index contributed by atoms with van der Waals surface area (Å²) in [6.45, 7) is 1.18. The molecule has 0 unspecified atom stereocenters. The maximum absolute atomic E-state index is 14.4. The van der Waals surface area contributed by atoms with Crippen LogP contribution in [0.1, 0.15) is 40.4 Å². The van der Waals surface area contributed by atoms with Crippen LogP contribution in [0.25, 0.3) is 10.2 Å². The second-order valence-corrected chi connectivity index (χ2v) is 15.2. The van der Waals surface area contributed by atoms with Crippen LogP contribution in [0.2, 0.25) is 0 Å². The number of alkyl carbamates (subject to hydrolysis) is 1. The highest BCUT2D eigenvalue weighted by atomic mass is 32.2. The van der Waals surface area contributed by atoms with Gasteiger partial charge in [-0.3, -0.25) is 9.78 Å². The Bertz CT molecular complexity index is 2270. The van der Waals surface area contributed by atoms with Crippen molar-refractivity contribution in [3.05, 3.63) is 143 Å². The molecular weight excluding hydrogens is 727 g/mol. The third-order valence-electron chi connectivity index (χ3n) is 9.12. The minimum Gasteiger partial charge on any atom is -0.453 e. The number of aromatic nitrogens is 4. The summed E-state index contributed by atoms with van der Waals surface area (Å²) in [6, 6.07) is 24.9. The van der Waals surface area contributed by atoms with Gasteiger partial charge in [0.2, 0.25) is 15.9 Å². The quantitative estimate of drug-likeness (QED) is 0.122. The standard InChI is InChI=1S/C39H39N7O6S2/c1-26-29(21-40-24-42-26)22-46(54(50,51)31-16-18-34-35(20-31)53-25-43-34)30(23-47)15-17-32-33(14-9-19-41-32)44-38(48)37(45-39(49)52-2)36(27-10-5-3-6-11-27)28-12-7-4-8-13-28/h3-14,16,18-21,24-25,30,36-37,47H,15,17,22-23H2,1-2H3,(H,44,48)(H,45,49)/t30-,37-/m0/s1. The summed E-state index contributed by atoms with van der Waals surface area (Å²) in [5.41, 5.74) is 5.95. The number of aliphatic hydroxyl groups is 1. The van der Waals surface area contributed by atoms with Crippen molar-refractivity contribution in [2.24, 2.45) is 0 Å². The van der Waals surface area contributed by atoms with Crippen molar-refractivity contribution in [2.75, 3.05) is 19.0 Å². The number of nitrogens with one attached hydrogen (secondary N) is 2. The third-order valence-corrected chi connectivity index (χ3v) is 11.8. The number of amides is 2. The molecule has 0 saturated heterocycles. The van der Waals surface area contributed by atoms with E-state index in [4.69, 9.17) is 4.74 Å². The number of nitrogens with zero attached hydrogens (tertiary/aromatic N) is 5. The van der Waals surface area contributed by atoms with Crippen LogP contribution in [-0.2, 0) is 32.5 Å². The molecule has 3 aromatic heterocycles. The number of ether oxygens (including phenoxy) is 1. The normalized spacial score (nSPS) is 12.8. The number of carbonyl (C=O) groups excluding carboxylic acids is 2. The highest BCUT2D eigenvalue weighted by Gasteiger charge is 2.35. The molecule has 3 heterocycles. The second kappa shape index (κ2) is 17.5. The molecule has 0 spiro atoms. The smallest absolute Gasteiger partial charge is 0.407 e. The van der Waals surface area contributed by atoms with E-state index in [1.807, 2.05) is 60.7 Å². The Morgan fingerprint density at radius 2 is 1.67 bits per heavy atom. The molecule has 54 heavy (non-hydrogen) atoms. The van der Waals surface area contributed by atoms with Crippen molar-refractivity contribution in [2.45, 2.75) is 49.2 Å². The largest absolute Gasteiger partial charge is 0.453 e. The minimum absolute atomic E-state index is 0.0634. The van der Waals surface area contributed by atoms with Crippen LogP contribution in [0.4, 0.5) is 10.5 Å². The van der Waals surface area contributed by atoms with Crippen molar-refractivity contribution in [1.82, 2.24) is 29.6 Å². The molecule has 0 radical (unpaired) electrons. The van der Waals surface area contributed by atoms with E-state index in [1.54, 1.807) is 49.1 Å². The molecule has 6 aromatic rings. The molecule has 6 rings (SSSR count). The van der Waals surface area contributed by atoms with Crippen molar-refractivity contribution in [3.8, 4) is 0 Å². The van der Waals surface area contributed by atoms with Gasteiger partial charge < -0.3 is 20.5 Å². The number of carbonyl (C=O) groups is 2. The topological polar surface area (TPSA) is 177 Å². The lowest BCUT2D eigenvalue weighted by atomic mass is 9.84. The number of pyridine rings is 1. The molecule has 0 aliphatic carbocycles. The zero-order chi connectivity index (χ0) is 38.1. The lowest BCUT2D eigenvalue weighted by Gasteiger charge is -2.30. The fourth-order valence-electron chi connectivity index (χ4n) is 6.26. The van der Waals surface area contributed by atoms with E-state index < -0.39 is 46.6 Å². The third kappa shape index (κ3) is 8.77. The fourth-order valence-corrected chi connectivity index (χ4v) is 8.70. The monoisotopic (exact) mass is 765 g/mol. The number of sulfonamides is 1. The second-order valence-electron chi connectivity index (χ2n) is 12.4. The van der Waals surface area contributed by atoms with Gasteiger partial charge in [0.05, 0.1) is 45.7 Å². The first-order valence-corrected chi connectivity index (χ1v) is 19.4. The van der Waals surface area contributed by atoms with Gasteiger partial charge >= 0.3 is 6.09 Å². The first kappa shape index (κ1) is 38.1. The van der Waals surface area contributed by atoms with Crippen LogP contribution in [0.15, 0.2) is 120 Å². The van der Waals surface area contributed by atoms with E-state index in [9.17, 15) is 23.1 Å². The highest BCUT2D eigenvalue weighted by molar-refractivity contribution is 7.89. The van der Waals surface area contributed by atoms with Gasteiger partial charge in [0, 0.05) is 42.2 Å². The molecule has 3 aromatic carbocycles.